The van der Waals surface area contributed by atoms with Gasteiger partial charge in [0.1, 0.15) is 0 Å². The maximum atomic E-state index is 10.0. The van der Waals surface area contributed by atoms with E-state index in [1.807, 2.05) is 257 Å². The number of aryl methyl sites for hydroxylation is 9. The number of hydrogen-bond acceptors (Lipinski definition) is 9. The van der Waals surface area contributed by atoms with Gasteiger partial charge in [-0.1, -0.05) is 162 Å². The molecule has 10 aromatic carbocycles. The van der Waals surface area contributed by atoms with E-state index < -0.39 is 0 Å². The predicted molar refractivity (Wildman–Crippen MR) is 486 cm³/mol. The number of pyridine rings is 7. The first-order chi connectivity index (χ1) is 57.4. The Morgan fingerprint density at radius 3 is 0.984 bits per heavy atom. The zero-order chi connectivity index (χ0) is 83.2. The quantitative estimate of drug-likeness (QED) is 0.0765. The molecule has 7 aromatic heterocycles. The smallest absolute Gasteiger partial charge is 0.155 e. The monoisotopic (exact) mass is 2300 g/mol. The van der Waals surface area contributed by atoms with Crippen molar-refractivity contribution < 1.29 is 90.3 Å². The standard InChI is InChI=1S/2C19H16N.C18H14N.2C13H12N.2C11H8N.C5H8O2.4Ir/c2*1-14-10-15(2)12-18(11-14)17-8-9-20-19(13-17)16-6-4-3-5-7-16;1-14-12-18(16-10-6-3-7-11-16)19-13-17(14)15-8-4-2-5-9-15;1-10-3-6-12(7-4-10)13-8-5-11(2)9-14-13;1-10-8-11(2)14-13(9-10)12-6-4-3-5-7-12;2*1-2-6-10(7-3-1)11-8-4-5-9-12-11;1-4(6)3-5(2)7;;;;/h2*3-6,8-13H,1-2H3;2-10,12-13H,1H3;2*3-6,8-9H,1-2H3;2*1-6,8-9H;3,6H,1-2H3;;;;/q7*-1;;;;;. The summed E-state index contributed by atoms with van der Waals surface area (Å²) in [6, 6.07) is 130. The molecular formula is C109H94Ir4N7O2-7. The van der Waals surface area contributed by atoms with Gasteiger partial charge in [0.15, 0.2) is 5.78 Å². The molecule has 0 spiro atoms. The molecule has 4 radical (unpaired) electrons. The Hall–Kier alpha value is -11.9. The fourth-order valence-corrected chi connectivity index (χ4v) is 12.3. The van der Waals surface area contributed by atoms with Crippen LogP contribution in [0, 0.1) is 105 Å². The van der Waals surface area contributed by atoms with Crippen molar-refractivity contribution in [3.8, 4) is 112 Å². The number of ketones is 1. The molecule has 0 atom stereocenters. The van der Waals surface area contributed by atoms with Gasteiger partial charge in [-0.05, 0) is 178 Å². The number of aromatic nitrogens is 7. The molecular weight excluding hydrogens is 2210 g/mol. The molecule has 0 saturated heterocycles. The maximum absolute atomic E-state index is 10.0. The van der Waals surface area contributed by atoms with Crippen molar-refractivity contribution in [3.63, 3.8) is 0 Å². The number of allylic oxidation sites excluding steroid dienone is 2. The van der Waals surface area contributed by atoms with Crippen LogP contribution in [0.5, 0.6) is 0 Å². The fourth-order valence-electron chi connectivity index (χ4n) is 12.3. The van der Waals surface area contributed by atoms with Crippen LogP contribution in [0.3, 0.4) is 0 Å². The van der Waals surface area contributed by atoms with Crippen molar-refractivity contribution in [1.29, 1.82) is 0 Å². The van der Waals surface area contributed by atoms with Gasteiger partial charge in [0.2, 0.25) is 0 Å². The minimum Gasteiger partial charge on any atom is -0.512 e. The van der Waals surface area contributed by atoms with Gasteiger partial charge in [-0.25, -0.2) is 0 Å². The minimum atomic E-state index is -0.125. The van der Waals surface area contributed by atoms with Gasteiger partial charge in [0.05, 0.1) is 5.76 Å². The van der Waals surface area contributed by atoms with Gasteiger partial charge < -0.3 is 40.0 Å². The summed E-state index contributed by atoms with van der Waals surface area (Å²) in [5.74, 6) is -0.0625. The molecule has 0 bridgehead atoms. The van der Waals surface area contributed by atoms with E-state index in [1.54, 1.807) is 12.4 Å². The van der Waals surface area contributed by atoms with E-state index >= 15 is 0 Å². The number of aliphatic hydroxyl groups is 1. The number of hydrogen-bond donors (Lipinski definition) is 1. The van der Waals surface area contributed by atoms with Gasteiger partial charge in [-0.15, -0.1) is 251 Å². The Labute approximate surface area is 775 Å². The minimum absolute atomic E-state index is 0. The molecule has 0 fully saturated rings. The van der Waals surface area contributed by atoms with E-state index in [1.165, 1.54) is 97.8 Å². The molecule has 13 heteroatoms. The summed E-state index contributed by atoms with van der Waals surface area (Å²) in [7, 11) is 0. The average molecular weight is 2300 g/mol. The normalized spacial score (nSPS) is 9.94. The molecule has 17 rings (SSSR count). The van der Waals surface area contributed by atoms with E-state index in [0.29, 0.717) is 0 Å². The summed E-state index contributed by atoms with van der Waals surface area (Å²) < 4.78 is 0. The molecule has 9 nitrogen and oxygen atoms in total. The van der Waals surface area contributed by atoms with E-state index in [-0.39, 0.29) is 92.0 Å². The summed E-state index contributed by atoms with van der Waals surface area (Å²) in [4.78, 5) is 40.7. The molecule has 0 unspecified atom stereocenters. The molecule has 0 aliphatic rings. The number of carbonyl (C=O) groups excluding carboxylic acids is 1. The third kappa shape index (κ3) is 33.2. The topological polar surface area (TPSA) is 128 Å². The van der Waals surface area contributed by atoms with E-state index in [9.17, 15) is 4.79 Å². The second kappa shape index (κ2) is 53.0. The number of carbonyl (C=O) groups is 1. The molecule has 1 N–H and O–H groups in total. The van der Waals surface area contributed by atoms with Crippen LogP contribution in [0.4, 0.5) is 0 Å². The number of nitrogens with zero attached hydrogens (tertiary/aromatic N) is 7. The summed E-state index contributed by atoms with van der Waals surface area (Å²) in [5.41, 5.74) is 32.4. The van der Waals surface area contributed by atoms with E-state index in [0.717, 1.165) is 84.5 Å². The molecule has 0 aliphatic heterocycles. The summed E-state index contributed by atoms with van der Waals surface area (Å²) in [5, 5.41) is 8.36. The van der Waals surface area contributed by atoms with Gasteiger partial charge in [-0.2, -0.15) is 0 Å². The second-order valence-corrected chi connectivity index (χ2v) is 28.0. The zero-order valence-electron chi connectivity index (χ0n) is 70.0. The SMILES string of the molecule is CC(=O)C=C(C)O.Cc1c[c-]c(-c2ccc(C)cn2)cc1.Cc1cc(-c2[c-]cccc2)ncc1-c1ccccc1.Cc1cc(C)cc(-c2ccnc(-c3[c-]cccc3)c2)c1.Cc1cc(C)cc(-c2ccnc(-c3[c-]cccc3)c2)c1.Cc1cc(C)nc(-c2[c-]cccc2)c1.[Ir].[Ir].[Ir].[Ir].[c-]1ccccc1-c1ccccn1.[c-]1ccccc1-c1ccccn1. The van der Waals surface area contributed by atoms with Crippen LogP contribution in [0.25, 0.3) is 112 Å². The van der Waals surface area contributed by atoms with Crippen LogP contribution >= 0.6 is 0 Å². The first-order valence-electron chi connectivity index (χ1n) is 38.9. The number of rotatable bonds is 11. The molecule has 0 aliphatic carbocycles. The van der Waals surface area contributed by atoms with Crippen molar-refractivity contribution in [2.24, 2.45) is 0 Å². The van der Waals surface area contributed by atoms with Gasteiger partial charge in [-0.3, -0.25) is 4.79 Å². The second-order valence-electron chi connectivity index (χ2n) is 28.0. The van der Waals surface area contributed by atoms with Crippen LogP contribution in [0.1, 0.15) is 64.0 Å². The zero-order valence-corrected chi connectivity index (χ0v) is 79.5. The van der Waals surface area contributed by atoms with Gasteiger partial charge in [0, 0.05) is 135 Å². The van der Waals surface area contributed by atoms with E-state index in [4.69, 9.17) is 5.11 Å². The number of benzene rings is 10. The third-order valence-corrected chi connectivity index (χ3v) is 17.7. The van der Waals surface area contributed by atoms with Gasteiger partial charge >= 0.3 is 0 Å². The molecule has 122 heavy (non-hydrogen) atoms. The Balaban J connectivity index is 0.000000218. The summed E-state index contributed by atoms with van der Waals surface area (Å²) in [6.45, 7) is 21.7. The largest absolute Gasteiger partial charge is 0.512 e. The first-order valence-corrected chi connectivity index (χ1v) is 38.9. The summed E-state index contributed by atoms with van der Waals surface area (Å²) >= 11 is 0. The number of aliphatic hydroxyl groups excluding tert-OH is 1. The van der Waals surface area contributed by atoms with Crippen LogP contribution < -0.4 is 0 Å². The third-order valence-electron chi connectivity index (χ3n) is 17.7. The maximum Gasteiger partial charge on any atom is 0.155 e. The average Bonchev–Trinajstić information content (AvgIpc) is 0.820. The predicted octanol–water partition coefficient (Wildman–Crippen LogP) is 26.6. The van der Waals surface area contributed by atoms with Crippen molar-refractivity contribution in [1.82, 2.24) is 34.9 Å². The molecule has 620 valence electrons. The Morgan fingerprint density at radius 2 is 0.639 bits per heavy atom. The van der Waals surface area contributed by atoms with Crippen molar-refractivity contribution in [2.45, 2.75) is 76.2 Å². The Morgan fingerprint density at radius 1 is 0.279 bits per heavy atom. The Kier molecular flexibility index (Phi) is 42.9. The first kappa shape index (κ1) is 98.9. The van der Waals surface area contributed by atoms with Gasteiger partial charge in [0.25, 0.3) is 0 Å². The molecule has 0 saturated carbocycles. The van der Waals surface area contributed by atoms with Crippen molar-refractivity contribution in [2.75, 3.05) is 0 Å². The van der Waals surface area contributed by atoms with Crippen molar-refractivity contribution >= 4 is 5.78 Å². The van der Waals surface area contributed by atoms with E-state index in [2.05, 4.69) is 229 Å². The van der Waals surface area contributed by atoms with Crippen LogP contribution in [-0.4, -0.2) is 45.8 Å². The molecule has 7 heterocycles. The fraction of sp³-hybridized carbons (Fsp3) is 0.101. The molecule has 17 aromatic rings. The molecule has 0 amide bonds. The Bertz CT molecular complexity index is 5540. The van der Waals surface area contributed by atoms with Crippen LogP contribution in [0.15, 0.2) is 371 Å². The summed E-state index contributed by atoms with van der Waals surface area (Å²) in [6.07, 6.45) is 12.3. The van der Waals surface area contributed by atoms with Crippen LogP contribution in [0.2, 0.25) is 0 Å². The van der Waals surface area contributed by atoms with Crippen molar-refractivity contribution in [3.05, 3.63) is 463 Å². The van der Waals surface area contributed by atoms with Crippen LogP contribution in [-0.2, 0) is 85.2 Å².